The normalized spacial score (nSPS) is 10.9. The second-order valence-electron chi connectivity index (χ2n) is 6.67. The number of carbonyl (C=O) groups is 2. The summed E-state index contributed by atoms with van der Waals surface area (Å²) in [5.41, 5.74) is 2.00. The number of rotatable bonds is 4. The third-order valence-corrected chi connectivity index (χ3v) is 3.63. The highest BCUT2D eigenvalue weighted by atomic mass is 16.5. The van der Waals surface area contributed by atoms with Crippen LogP contribution in [0.5, 0.6) is 5.75 Å². The van der Waals surface area contributed by atoms with Crippen molar-refractivity contribution in [2.24, 2.45) is 0 Å². The van der Waals surface area contributed by atoms with Crippen LogP contribution < -0.4 is 15.4 Å². The van der Waals surface area contributed by atoms with Crippen molar-refractivity contribution in [3.8, 4) is 5.75 Å². The average molecular weight is 340 g/mol. The van der Waals surface area contributed by atoms with Gasteiger partial charge in [-0.05, 0) is 42.2 Å². The van der Waals surface area contributed by atoms with Crippen LogP contribution in [0.15, 0.2) is 48.5 Å². The quantitative estimate of drug-likeness (QED) is 0.828. The summed E-state index contributed by atoms with van der Waals surface area (Å²) in [5, 5.41) is 5.22. The fourth-order valence-electron chi connectivity index (χ4n) is 2.26. The molecule has 132 valence electrons. The lowest BCUT2D eigenvalue weighted by atomic mass is 9.87. The molecule has 2 amide bonds. The van der Waals surface area contributed by atoms with Crippen molar-refractivity contribution in [2.45, 2.75) is 33.1 Å². The minimum atomic E-state index is -0.740. The van der Waals surface area contributed by atoms with Gasteiger partial charge in [-0.3, -0.25) is 9.59 Å². The molecule has 5 nitrogen and oxygen atoms in total. The molecule has 25 heavy (non-hydrogen) atoms. The largest absolute Gasteiger partial charge is 0.492 e. The van der Waals surface area contributed by atoms with Crippen molar-refractivity contribution in [3.63, 3.8) is 0 Å². The summed E-state index contributed by atoms with van der Waals surface area (Å²) in [4.78, 5) is 24.4. The van der Waals surface area contributed by atoms with Gasteiger partial charge in [0.15, 0.2) is 0 Å². The monoisotopic (exact) mass is 340 g/mol. The molecule has 5 heteroatoms. The van der Waals surface area contributed by atoms with Crippen molar-refractivity contribution in [1.29, 1.82) is 0 Å². The van der Waals surface area contributed by atoms with Crippen LogP contribution in [-0.4, -0.2) is 18.4 Å². The van der Waals surface area contributed by atoms with Crippen molar-refractivity contribution >= 4 is 23.2 Å². The Bertz CT molecular complexity index is 749. The third kappa shape index (κ3) is 5.08. The Morgan fingerprint density at radius 2 is 1.60 bits per heavy atom. The molecule has 0 atom stereocenters. The molecular weight excluding hydrogens is 316 g/mol. The molecule has 0 saturated heterocycles. The van der Waals surface area contributed by atoms with Crippen LogP contribution in [0.2, 0.25) is 0 Å². The lowest BCUT2D eigenvalue weighted by Gasteiger charge is -2.21. The molecule has 0 spiro atoms. The fourth-order valence-corrected chi connectivity index (χ4v) is 2.26. The van der Waals surface area contributed by atoms with Crippen molar-refractivity contribution in [3.05, 3.63) is 54.1 Å². The molecule has 0 radical (unpaired) electrons. The van der Waals surface area contributed by atoms with Crippen LogP contribution in [0.25, 0.3) is 0 Å². The van der Waals surface area contributed by atoms with Crippen molar-refractivity contribution in [2.75, 3.05) is 17.2 Å². The van der Waals surface area contributed by atoms with E-state index in [2.05, 4.69) is 31.4 Å². The van der Waals surface area contributed by atoms with Gasteiger partial charge in [0.05, 0.1) is 12.3 Å². The van der Waals surface area contributed by atoms with E-state index in [0.717, 1.165) is 5.56 Å². The number of amides is 2. The standard InChI is InChI=1S/C20H24N2O3/c1-5-25-17-12-11-14(20(2,3)4)13-16(17)22-19(24)18(23)21-15-9-7-6-8-10-15/h6-13H,5H2,1-4H3,(H,21,23)(H,22,24). The number of hydrogen-bond acceptors (Lipinski definition) is 3. The zero-order valence-corrected chi connectivity index (χ0v) is 15.1. The number of carbonyl (C=O) groups excluding carboxylic acids is 2. The van der Waals surface area contributed by atoms with Gasteiger partial charge in [0.25, 0.3) is 0 Å². The number of hydrogen-bond donors (Lipinski definition) is 2. The third-order valence-electron chi connectivity index (χ3n) is 3.63. The van der Waals surface area contributed by atoms with Crippen LogP contribution in [-0.2, 0) is 15.0 Å². The Labute approximate surface area is 148 Å². The molecule has 0 aromatic heterocycles. The molecular formula is C20H24N2O3. The first-order valence-electron chi connectivity index (χ1n) is 8.26. The first kappa shape index (κ1) is 18.5. The average Bonchev–Trinajstić information content (AvgIpc) is 2.56. The Morgan fingerprint density at radius 1 is 0.960 bits per heavy atom. The lowest BCUT2D eigenvalue weighted by molar-refractivity contribution is -0.133. The van der Waals surface area contributed by atoms with E-state index in [9.17, 15) is 9.59 Å². The molecule has 2 aromatic carbocycles. The van der Waals surface area contributed by atoms with Gasteiger partial charge in [-0.1, -0.05) is 45.0 Å². The molecule has 0 fully saturated rings. The maximum absolute atomic E-state index is 12.3. The summed E-state index contributed by atoms with van der Waals surface area (Å²) in [6, 6.07) is 14.5. The van der Waals surface area contributed by atoms with Crippen LogP contribution >= 0.6 is 0 Å². The second kappa shape index (κ2) is 7.83. The summed E-state index contributed by atoms with van der Waals surface area (Å²) in [5.74, 6) is -0.929. The Kier molecular flexibility index (Phi) is 5.80. The summed E-state index contributed by atoms with van der Waals surface area (Å²) in [7, 11) is 0. The number of nitrogens with one attached hydrogen (secondary N) is 2. The first-order chi connectivity index (χ1) is 11.8. The molecule has 2 rings (SSSR count). The molecule has 0 aliphatic carbocycles. The first-order valence-corrected chi connectivity index (χ1v) is 8.26. The molecule has 0 unspecified atom stereocenters. The lowest BCUT2D eigenvalue weighted by Crippen LogP contribution is -2.29. The molecule has 0 aliphatic heterocycles. The topological polar surface area (TPSA) is 67.4 Å². The number of para-hydroxylation sites is 1. The van der Waals surface area contributed by atoms with Crippen LogP contribution in [0.3, 0.4) is 0 Å². The van der Waals surface area contributed by atoms with Crippen LogP contribution in [0, 0.1) is 0 Å². The van der Waals surface area contributed by atoms with Gasteiger partial charge in [0.1, 0.15) is 5.75 Å². The number of benzene rings is 2. The Balaban J connectivity index is 2.19. The van der Waals surface area contributed by atoms with Gasteiger partial charge < -0.3 is 15.4 Å². The van der Waals surface area contributed by atoms with Crippen molar-refractivity contribution in [1.82, 2.24) is 0 Å². The van der Waals surface area contributed by atoms with E-state index in [1.54, 1.807) is 24.3 Å². The van der Waals surface area contributed by atoms with E-state index in [1.807, 2.05) is 31.2 Å². The smallest absolute Gasteiger partial charge is 0.314 e. The van der Waals surface area contributed by atoms with E-state index in [-0.39, 0.29) is 5.41 Å². The zero-order valence-electron chi connectivity index (χ0n) is 15.1. The van der Waals surface area contributed by atoms with Gasteiger partial charge in [0, 0.05) is 5.69 Å². The van der Waals surface area contributed by atoms with Crippen LogP contribution in [0.1, 0.15) is 33.3 Å². The SMILES string of the molecule is CCOc1ccc(C(C)(C)C)cc1NC(=O)C(=O)Nc1ccccc1. The molecule has 0 aliphatic rings. The van der Waals surface area contributed by atoms with E-state index in [4.69, 9.17) is 4.74 Å². The molecule has 0 heterocycles. The molecule has 2 aromatic rings. The highest BCUT2D eigenvalue weighted by Crippen LogP contribution is 2.31. The minimum Gasteiger partial charge on any atom is -0.492 e. The van der Waals surface area contributed by atoms with Crippen LogP contribution in [0.4, 0.5) is 11.4 Å². The summed E-state index contributed by atoms with van der Waals surface area (Å²) in [6.45, 7) is 8.57. The highest BCUT2D eigenvalue weighted by molar-refractivity contribution is 6.43. The molecule has 0 bridgehead atoms. The van der Waals surface area contributed by atoms with E-state index >= 15 is 0 Å². The van der Waals surface area contributed by atoms with Gasteiger partial charge in [0.2, 0.25) is 0 Å². The minimum absolute atomic E-state index is 0.0868. The van der Waals surface area contributed by atoms with Gasteiger partial charge >= 0.3 is 11.8 Å². The second-order valence-corrected chi connectivity index (χ2v) is 6.67. The van der Waals surface area contributed by atoms with E-state index in [0.29, 0.717) is 23.7 Å². The van der Waals surface area contributed by atoms with E-state index in [1.165, 1.54) is 0 Å². The summed E-state index contributed by atoms with van der Waals surface area (Å²) in [6.07, 6.45) is 0. The maximum Gasteiger partial charge on any atom is 0.314 e. The Hall–Kier alpha value is -2.82. The predicted molar refractivity (Wildman–Crippen MR) is 100 cm³/mol. The fraction of sp³-hybridized carbons (Fsp3) is 0.300. The van der Waals surface area contributed by atoms with Crippen molar-refractivity contribution < 1.29 is 14.3 Å². The number of ether oxygens (including phenoxy) is 1. The van der Waals surface area contributed by atoms with E-state index < -0.39 is 11.8 Å². The van der Waals surface area contributed by atoms with Gasteiger partial charge in [-0.2, -0.15) is 0 Å². The van der Waals surface area contributed by atoms with Gasteiger partial charge in [-0.25, -0.2) is 0 Å². The zero-order chi connectivity index (χ0) is 18.4. The summed E-state index contributed by atoms with van der Waals surface area (Å²) < 4.78 is 5.56. The number of anilines is 2. The molecule has 0 saturated carbocycles. The maximum atomic E-state index is 12.3. The molecule has 2 N–H and O–H groups in total. The highest BCUT2D eigenvalue weighted by Gasteiger charge is 2.20. The predicted octanol–water partition coefficient (Wildman–Crippen LogP) is 3.96. The summed E-state index contributed by atoms with van der Waals surface area (Å²) >= 11 is 0. The van der Waals surface area contributed by atoms with Gasteiger partial charge in [-0.15, -0.1) is 0 Å². The Morgan fingerprint density at radius 3 is 2.20 bits per heavy atom.